The van der Waals surface area contributed by atoms with Gasteiger partial charge in [0.1, 0.15) is 11.9 Å². The van der Waals surface area contributed by atoms with Crippen molar-refractivity contribution in [2.24, 2.45) is 0 Å². The number of aryl methyl sites for hydroxylation is 1. The maximum absolute atomic E-state index is 12.7. The first-order chi connectivity index (χ1) is 16.3. The van der Waals surface area contributed by atoms with Crippen molar-refractivity contribution in [2.75, 3.05) is 6.61 Å². The Morgan fingerprint density at radius 2 is 1.94 bits per heavy atom. The Labute approximate surface area is 200 Å². The molecule has 4 rings (SSSR count). The minimum atomic E-state index is -4.39. The number of benzene rings is 2. The minimum absolute atomic E-state index is 0.150. The largest absolute Gasteiger partial charge is 0.490 e. The van der Waals surface area contributed by atoms with Crippen LogP contribution in [0, 0.1) is 0 Å². The second kappa shape index (κ2) is 10.5. The molecule has 0 saturated heterocycles. The third-order valence-corrected chi connectivity index (χ3v) is 6.57. The van der Waals surface area contributed by atoms with Crippen LogP contribution in [0.4, 0.5) is 13.2 Å². The van der Waals surface area contributed by atoms with Gasteiger partial charge in [0.2, 0.25) is 0 Å². The number of hydrogen-bond donors (Lipinski definition) is 0. The molecule has 0 saturated carbocycles. The number of carbonyl (C=O) groups excluding carboxylic acids is 1. The third-order valence-electron chi connectivity index (χ3n) is 5.51. The third kappa shape index (κ3) is 6.11. The lowest BCUT2D eigenvalue weighted by Gasteiger charge is -2.26. The molecule has 0 spiro atoms. The Kier molecular flexibility index (Phi) is 7.46. The van der Waals surface area contributed by atoms with Gasteiger partial charge in [0, 0.05) is 22.4 Å². The van der Waals surface area contributed by atoms with Gasteiger partial charge in [-0.25, -0.2) is 0 Å². The summed E-state index contributed by atoms with van der Waals surface area (Å²) in [7, 11) is 0. The second-order valence-electron chi connectivity index (χ2n) is 7.97. The van der Waals surface area contributed by atoms with Gasteiger partial charge in [-0.1, -0.05) is 24.3 Å². The van der Waals surface area contributed by atoms with Gasteiger partial charge < -0.3 is 9.47 Å². The van der Waals surface area contributed by atoms with E-state index in [-0.39, 0.29) is 18.5 Å². The summed E-state index contributed by atoms with van der Waals surface area (Å²) in [6.45, 7) is 2.16. The van der Waals surface area contributed by atoms with Crippen LogP contribution in [-0.4, -0.2) is 23.7 Å². The van der Waals surface area contributed by atoms with E-state index in [1.54, 1.807) is 18.7 Å². The van der Waals surface area contributed by atoms with Crippen molar-refractivity contribution in [3.05, 3.63) is 77.5 Å². The van der Waals surface area contributed by atoms with Crippen LogP contribution in [0.3, 0.4) is 0 Å². The number of aromatic nitrogens is 1. The van der Waals surface area contributed by atoms with Gasteiger partial charge in [-0.3, -0.25) is 9.78 Å². The molecule has 0 bridgehead atoms. The van der Waals surface area contributed by atoms with E-state index >= 15 is 0 Å². The average molecular weight is 488 g/mol. The SMILES string of the molecule is CCOC(=O)CC1CCc2cc(SCc3ccc(-c4ccc(C(F)(F)F)cn4)cc3)ccc2O1. The highest BCUT2D eigenvalue weighted by Crippen LogP contribution is 2.34. The Morgan fingerprint density at radius 1 is 1.15 bits per heavy atom. The zero-order chi connectivity index (χ0) is 24.1. The standard InChI is InChI=1S/C26H24F3NO3S/c1-2-32-25(31)14-21-9-7-19-13-22(10-12-24(19)33-21)34-16-17-3-5-18(6-4-17)23-11-8-20(15-30-23)26(27,28)29/h3-6,8,10-13,15,21H,2,7,9,14,16H2,1H3. The van der Waals surface area contributed by atoms with Crippen LogP contribution in [0.1, 0.15) is 36.5 Å². The molecule has 0 radical (unpaired) electrons. The fraction of sp³-hybridized carbons (Fsp3) is 0.308. The van der Waals surface area contributed by atoms with E-state index in [1.165, 1.54) is 6.07 Å². The first kappa shape index (κ1) is 24.1. The molecule has 1 aliphatic rings. The van der Waals surface area contributed by atoms with Gasteiger partial charge in [-0.05, 0) is 61.2 Å². The molecule has 0 N–H and O–H groups in total. The van der Waals surface area contributed by atoms with Crippen molar-refractivity contribution in [1.82, 2.24) is 4.98 Å². The molecule has 8 heteroatoms. The van der Waals surface area contributed by atoms with Crippen LogP contribution in [0.15, 0.2) is 65.7 Å². The zero-order valence-corrected chi connectivity index (χ0v) is 19.4. The predicted octanol–water partition coefficient (Wildman–Crippen LogP) is 6.71. The van der Waals surface area contributed by atoms with E-state index in [2.05, 4.69) is 11.1 Å². The lowest BCUT2D eigenvalue weighted by Crippen LogP contribution is -2.26. The summed E-state index contributed by atoms with van der Waals surface area (Å²) in [5.41, 5.74) is 2.75. The fourth-order valence-electron chi connectivity index (χ4n) is 3.73. The molecule has 3 aromatic rings. The highest BCUT2D eigenvalue weighted by Gasteiger charge is 2.30. The fourth-order valence-corrected chi connectivity index (χ4v) is 4.65. The van der Waals surface area contributed by atoms with E-state index in [0.717, 1.165) is 58.2 Å². The number of nitrogens with zero attached hydrogens (tertiary/aromatic N) is 1. The number of fused-ring (bicyclic) bond motifs is 1. The smallest absolute Gasteiger partial charge is 0.417 e. The number of carbonyl (C=O) groups is 1. The summed E-state index contributed by atoms with van der Waals surface area (Å²) in [5, 5.41) is 0. The molecule has 2 aromatic carbocycles. The van der Waals surface area contributed by atoms with Crippen LogP contribution in [0.5, 0.6) is 5.75 Å². The van der Waals surface area contributed by atoms with E-state index in [1.807, 2.05) is 36.4 Å². The molecule has 1 aromatic heterocycles. The van der Waals surface area contributed by atoms with Crippen molar-refractivity contribution in [2.45, 2.75) is 49.1 Å². The Hall–Kier alpha value is -3.00. The first-order valence-corrected chi connectivity index (χ1v) is 12.0. The van der Waals surface area contributed by atoms with Crippen molar-refractivity contribution >= 4 is 17.7 Å². The van der Waals surface area contributed by atoms with Crippen LogP contribution in [-0.2, 0) is 27.9 Å². The van der Waals surface area contributed by atoms with Gasteiger partial charge in [0.15, 0.2) is 0 Å². The van der Waals surface area contributed by atoms with Gasteiger partial charge in [0.25, 0.3) is 0 Å². The van der Waals surface area contributed by atoms with E-state index in [4.69, 9.17) is 9.47 Å². The minimum Gasteiger partial charge on any atom is -0.490 e. The van der Waals surface area contributed by atoms with Gasteiger partial charge in [-0.15, -0.1) is 11.8 Å². The quantitative estimate of drug-likeness (QED) is 0.274. The predicted molar refractivity (Wildman–Crippen MR) is 125 cm³/mol. The van der Waals surface area contributed by atoms with Crippen molar-refractivity contribution in [3.8, 4) is 17.0 Å². The van der Waals surface area contributed by atoms with Crippen molar-refractivity contribution in [3.63, 3.8) is 0 Å². The summed E-state index contributed by atoms with van der Waals surface area (Å²) in [6.07, 6.45) is -1.79. The molecule has 1 atom stereocenters. The molecule has 34 heavy (non-hydrogen) atoms. The normalized spacial score (nSPS) is 15.4. The molecule has 4 nitrogen and oxygen atoms in total. The van der Waals surface area contributed by atoms with Crippen LogP contribution >= 0.6 is 11.8 Å². The number of ether oxygens (including phenoxy) is 2. The van der Waals surface area contributed by atoms with E-state index in [9.17, 15) is 18.0 Å². The number of esters is 1. The average Bonchev–Trinajstić information content (AvgIpc) is 2.83. The Bertz CT molecular complexity index is 1130. The monoisotopic (exact) mass is 487 g/mol. The zero-order valence-electron chi connectivity index (χ0n) is 18.6. The number of rotatable bonds is 7. The summed E-state index contributed by atoms with van der Waals surface area (Å²) >= 11 is 1.70. The maximum Gasteiger partial charge on any atom is 0.417 e. The van der Waals surface area contributed by atoms with Gasteiger partial charge >= 0.3 is 12.1 Å². The van der Waals surface area contributed by atoms with E-state index < -0.39 is 11.7 Å². The lowest BCUT2D eigenvalue weighted by molar-refractivity contribution is -0.145. The number of halogens is 3. The summed E-state index contributed by atoms with van der Waals surface area (Å²) in [5.74, 6) is 1.34. The number of alkyl halides is 3. The summed E-state index contributed by atoms with van der Waals surface area (Å²) in [6, 6.07) is 16.2. The molecule has 1 aliphatic heterocycles. The molecule has 0 fully saturated rings. The summed E-state index contributed by atoms with van der Waals surface area (Å²) < 4.78 is 49.1. The lowest BCUT2D eigenvalue weighted by atomic mass is 10.0. The number of hydrogen-bond acceptors (Lipinski definition) is 5. The van der Waals surface area contributed by atoms with Crippen molar-refractivity contribution in [1.29, 1.82) is 0 Å². The van der Waals surface area contributed by atoms with Crippen LogP contribution < -0.4 is 4.74 Å². The number of thioether (sulfide) groups is 1. The molecular formula is C26H24F3NO3S. The van der Waals surface area contributed by atoms with E-state index in [0.29, 0.717) is 12.3 Å². The van der Waals surface area contributed by atoms with Crippen molar-refractivity contribution < 1.29 is 27.4 Å². The molecule has 2 heterocycles. The van der Waals surface area contributed by atoms with Gasteiger partial charge in [-0.2, -0.15) is 13.2 Å². The highest BCUT2D eigenvalue weighted by atomic mass is 32.2. The molecule has 0 aliphatic carbocycles. The molecular weight excluding hydrogens is 463 g/mol. The number of pyridine rings is 1. The second-order valence-corrected chi connectivity index (χ2v) is 9.02. The Balaban J connectivity index is 1.33. The topological polar surface area (TPSA) is 48.4 Å². The summed E-state index contributed by atoms with van der Waals surface area (Å²) in [4.78, 5) is 16.8. The molecule has 0 amide bonds. The molecule has 178 valence electrons. The van der Waals surface area contributed by atoms with Crippen LogP contribution in [0.2, 0.25) is 0 Å². The highest BCUT2D eigenvalue weighted by molar-refractivity contribution is 7.98. The first-order valence-electron chi connectivity index (χ1n) is 11.0. The van der Waals surface area contributed by atoms with Crippen LogP contribution in [0.25, 0.3) is 11.3 Å². The Morgan fingerprint density at radius 3 is 2.62 bits per heavy atom. The molecule has 1 unspecified atom stereocenters. The van der Waals surface area contributed by atoms with Gasteiger partial charge in [0.05, 0.1) is 24.3 Å². The maximum atomic E-state index is 12.7.